The minimum Gasteiger partial charge on any atom is -0.493 e. The van der Waals surface area contributed by atoms with Crippen LogP contribution in [0.4, 0.5) is 20.6 Å². The highest BCUT2D eigenvalue weighted by Crippen LogP contribution is 2.33. The first-order valence-corrected chi connectivity index (χ1v) is 10.7. The van der Waals surface area contributed by atoms with Crippen LogP contribution in [0.2, 0.25) is 5.02 Å². The summed E-state index contributed by atoms with van der Waals surface area (Å²) < 4.78 is 24.1. The van der Waals surface area contributed by atoms with Gasteiger partial charge in [0, 0.05) is 16.3 Å². The molecule has 0 radical (unpaired) electrons. The predicted molar refractivity (Wildman–Crippen MR) is 129 cm³/mol. The fourth-order valence-electron chi connectivity index (χ4n) is 3.37. The van der Waals surface area contributed by atoms with E-state index in [0.29, 0.717) is 27.7 Å². The van der Waals surface area contributed by atoms with Gasteiger partial charge < -0.3 is 20.1 Å². The van der Waals surface area contributed by atoms with Crippen LogP contribution < -0.4 is 25.0 Å². The van der Waals surface area contributed by atoms with Crippen molar-refractivity contribution in [3.63, 3.8) is 0 Å². The number of anilines is 2. The van der Waals surface area contributed by atoms with Crippen molar-refractivity contribution in [1.29, 1.82) is 0 Å². The first-order valence-electron chi connectivity index (χ1n) is 10.3. The zero-order valence-electron chi connectivity index (χ0n) is 18.4. The maximum absolute atomic E-state index is 13.1. The Balaban J connectivity index is 1.55. The number of benzene rings is 3. The molecule has 0 aromatic heterocycles. The first kappa shape index (κ1) is 23.8. The van der Waals surface area contributed by atoms with Gasteiger partial charge in [0.1, 0.15) is 11.5 Å². The van der Waals surface area contributed by atoms with Crippen LogP contribution in [-0.4, -0.2) is 31.6 Å². The van der Waals surface area contributed by atoms with Crippen molar-refractivity contribution in [3.05, 3.63) is 88.8 Å². The molecule has 0 saturated carbocycles. The Morgan fingerprint density at radius 2 is 1.86 bits per heavy atom. The molecule has 2 N–H and O–H groups in total. The highest BCUT2D eigenvalue weighted by Gasteiger charge is 2.35. The van der Waals surface area contributed by atoms with Crippen LogP contribution in [-0.2, 0) is 9.59 Å². The summed E-state index contributed by atoms with van der Waals surface area (Å²) in [6, 6.07) is 16.0. The molecule has 8 nitrogen and oxygen atoms in total. The van der Waals surface area contributed by atoms with Gasteiger partial charge in [-0.15, -0.1) is 0 Å². The van der Waals surface area contributed by atoms with Crippen molar-refractivity contribution < 1.29 is 28.2 Å². The fourth-order valence-corrected chi connectivity index (χ4v) is 3.55. The average Bonchev–Trinajstić information content (AvgIpc) is 3.12. The van der Waals surface area contributed by atoms with Gasteiger partial charge in [-0.2, -0.15) is 0 Å². The lowest BCUT2D eigenvalue weighted by Gasteiger charge is -2.14. The molecule has 3 aromatic rings. The van der Waals surface area contributed by atoms with E-state index in [1.54, 1.807) is 36.4 Å². The van der Waals surface area contributed by atoms with Crippen molar-refractivity contribution in [2.75, 3.05) is 23.9 Å². The molecule has 1 saturated heterocycles. The van der Waals surface area contributed by atoms with Gasteiger partial charge in [0.05, 0.1) is 12.8 Å². The summed E-state index contributed by atoms with van der Waals surface area (Å²) in [5.41, 5.74) is 1.13. The lowest BCUT2D eigenvalue weighted by Crippen LogP contribution is -2.30. The number of nitrogens with one attached hydrogen (secondary N) is 2. The number of amides is 4. The number of carbonyl (C=O) groups is 3. The molecule has 1 aliphatic rings. The van der Waals surface area contributed by atoms with Gasteiger partial charge in [0.2, 0.25) is 0 Å². The monoisotopic (exact) mass is 495 g/mol. The quantitative estimate of drug-likeness (QED) is 0.369. The number of hydrogen-bond donors (Lipinski definition) is 2. The Hall–Kier alpha value is -4.37. The highest BCUT2D eigenvalue weighted by atomic mass is 35.5. The Bertz CT molecular complexity index is 1330. The summed E-state index contributed by atoms with van der Waals surface area (Å²) in [4.78, 5) is 38.8. The first-order chi connectivity index (χ1) is 16.9. The zero-order valence-corrected chi connectivity index (χ0v) is 19.1. The van der Waals surface area contributed by atoms with Gasteiger partial charge in [0.15, 0.2) is 18.1 Å². The third-order valence-electron chi connectivity index (χ3n) is 4.95. The Morgan fingerprint density at radius 1 is 1.11 bits per heavy atom. The van der Waals surface area contributed by atoms with E-state index in [1.807, 2.05) is 0 Å². The summed E-state index contributed by atoms with van der Waals surface area (Å²) in [5, 5.41) is 5.51. The van der Waals surface area contributed by atoms with Crippen LogP contribution in [0.25, 0.3) is 6.08 Å². The van der Waals surface area contributed by atoms with E-state index >= 15 is 0 Å². The SMILES string of the molecule is COc1cccc(/C=C2/NC(=O)N(c3cccc(Cl)c3)C2=O)c1OCC(=O)Nc1ccc(F)cc1. The highest BCUT2D eigenvalue weighted by molar-refractivity contribution is 6.32. The van der Waals surface area contributed by atoms with Gasteiger partial charge in [-0.1, -0.05) is 29.8 Å². The molecular formula is C25H19ClFN3O5. The van der Waals surface area contributed by atoms with Crippen LogP contribution >= 0.6 is 11.6 Å². The number of rotatable bonds is 7. The van der Waals surface area contributed by atoms with Gasteiger partial charge in [-0.25, -0.2) is 14.1 Å². The molecule has 0 spiro atoms. The molecule has 4 amide bonds. The molecule has 178 valence electrons. The van der Waals surface area contributed by atoms with Crippen LogP contribution in [0, 0.1) is 5.82 Å². The number of carbonyl (C=O) groups excluding carboxylic acids is 3. The lowest BCUT2D eigenvalue weighted by molar-refractivity contribution is -0.118. The summed E-state index contributed by atoms with van der Waals surface area (Å²) in [6.07, 6.45) is 1.43. The lowest BCUT2D eigenvalue weighted by atomic mass is 10.1. The topological polar surface area (TPSA) is 97.0 Å². The molecular weight excluding hydrogens is 477 g/mol. The van der Waals surface area contributed by atoms with E-state index < -0.39 is 23.7 Å². The Kier molecular flexibility index (Phi) is 6.98. The molecule has 4 rings (SSSR count). The molecule has 0 bridgehead atoms. The van der Waals surface area contributed by atoms with Crippen molar-refractivity contribution in [2.24, 2.45) is 0 Å². The molecule has 0 unspecified atom stereocenters. The second-order valence-electron chi connectivity index (χ2n) is 7.33. The van der Waals surface area contributed by atoms with Gasteiger partial charge >= 0.3 is 6.03 Å². The van der Waals surface area contributed by atoms with Crippen LogP contribution in [0.15, 0.2) is 72.4 Å². The number of urea groups is 1. The summed E-state index contributed by atoms with van der Waals surface area (Å²) >= 11 is 5.99. The largest absolute Gasteiger partial charge is 0.493 e. The predicted octanol–water partition coefficient (Wildman–Crippen LogP) is 4.60. The molecule has 1 heterocycles. The van der Waals surface area contributed by atoms with Crippen LogP contribution in [0.5, 0.6) is 11.5 Å². The molecule has 3 aromatic carbocycles. The maximum Gasteiger partial charge on any atom is 0.333 e. The number of hydrogen-bond acceptors (Lipinski definition) is 5. The van der Waals surface area contributed by atoms with E-state index in [2.05, 4.69) is 10.6 Å². The number of halogens is 2. The average molecular weight is 496 g/mol. The minimum atomic E-state index is -0.632. The third-order valence-corrected chi connectivity index (χ3v) is 5.18. The van der Waals surface area contributed by atoms with E-state index in [4.69, 9.17) is 21.1 Å². The molecule has 0 aliphatic carbocycles. The van der Waals surface area contributed by atoms with E-state index in [-0.39, 0.29) is 18.1 Å². The maximum atomic E-state index is 13.1. The summed E-state index contributed by atoms with van der Waals surface area (Å²) in [5.74, 6) is -0.982. The number of methoxy groups -OCH3 is 1. The smallest absolute Gasteiger partial charge is 0.333 e. The minimum absolute atomic E-state index is 0.00356. The molecule has 10 heteroatoms. The van der Waals surface area contributed by atoms with E-state index in [9.17, 15) is 18.8 Å². The molecule has 0 atom stereocenters. The standard InChI is InChI=1S/C25H19ClFN3O5/c1-34-21-7-2-4-15(23(21)35-14-22(31)28-18-10-8-17(27)9-11-18)12-20-24(32)30(25(33)29-20)19-6-3-5-16(26)13-19/h2-13H,14H2,1H3,(H,28,31)(H,29,33)/b20-12+. The van der Waals surface area contributed by atoms with Crippen molar-refractivity contribution in [3.8, 4) is 11.5 Å². The normalized spacial score (nSPS) is 14.1. The molecule has 35 heavy (non-hydrogen) atoms. The van der Waals surface area contributed by atoms with Gasteiger partial charge in [-0.05, 0) is 54.6 Å². The second kappa shape index (κ2) is 10.3. The van der Waals surface area contributed by atoms with Crippen molar-refractivity contribution in [2.45, 2.75) is 0 Å². The zero-order chi connectivity index (χ0) is 24.9. The molecule has 1 fully saturated rings. The van der Waals surface area contributed by atoms with E-state index in [0.717, 1.165) is 4.90 Å². The summed E-state index contributed by atoms with van der Waals surface area (Å²) in [6.45, 7) is -0.386. The van der Waals surface area contributed by atoms with Crippen molar-refractivity contribution in [1.82, 2.24) is 5.32 Å². The summed E-state index contributed by atoms with van der Waals surface area (Å²) in [7, 11) is 1.43. The number of ether oxygens (including phenoxy) is 2. The molecule has 1 aliphatic heterocycles. The van der Waals surface area contributed by atoms with Crippen LogP contribution in [0.1, 0.15) is 5.56 Å². The Labute approximate surface area is 204 Å². The van der Waals surface area contributed by atoms with Gasteiger partial charge in [0.25, 0.3) is 11.8 Å². The van der Waals surface area contributed by atoms with Gasteiger partial charge in [-0.3, -0.25) is 9.59 Å². The second-order valence-corrected chi connectivity index (χ2v) is 7.77. The number of para-hydroxylation sites is 1. The van der Waals surface area contributed by atoms with E-state index in [1.165, 1.54) is 43.5 Å². The fraction of sp³-hybridized carbons (Fsp3) is 0.0800. The van der Waals surface area contributed by atoms with Crippen LogP contribution in [0.3, 0.4) is 0 Å². The Morgan fingerprint density at radius 3 is 2.57 bits per heavy atom. The number of imide groups is 1. The van der Waals surface area contributed by atoms with Crippen molar-refractivity contribution >= 4 is 46.9 Å². The third kappa shape index (κ3) is 5.42. The number of nitrogens with zero attached hydrogens (tertiary/aromatic N) is 1.